The average molecular weight is 450 g/mol. The quantitative estimate of drug-likeness (QED) is 0.564. The summed E-state index contributed by atoms with van der Waals surface area (Å²) < 4.78 is 7.20. The van der Waals surface area contributed by atoms with Crippen molar-refractivity contribution in [2.45, 2.75) is 58.9 Å². The zero-order valence-electron chi connectivity index (χ0n) is 20.2. The standard InChI is InChI=1S/C26H35N5O2/c1-18-16-25-28-19(2)23(20(3)31(25)29-18)12-13-26(32)27-17-24(30-14-6-5-7-15-30)21-8-10-22(33-4)11-9-21/h8-11,16,24H,5-7,12-15,17H2,1-4H3,(H,27,32). The van der Waals surface area contributed by atoms with Crippen LogP contribution in [-0.2, 0) is 11.2 Å². The second-order valence-electron chi connectivity index (χ2n) is 9.01. The molecular formula is C26H35N5O2. The van der Waals surface area contributed by atoms with E-state index in [4.69, 9.17) is 4.74 Å². The van der Waals surface area contributed by atoms with Crippen LogP contribution in [-0.4, -0.2) is 52.1 Å². The highest BCUT2D eigenvalue weighted by molar-refractivity contribution is 5.76. The number of hydrogen-bond acceptors (Lipinski definition) is 5. The van der Waals surface area contributed by atoms with E-state index in [0.29, 0.717) is 19.4 Å². The van der Waals surface area contributed by atoms with Crippen LogP contribution in [0.1, 0.15) is 59.9 Å². The predicted octanol–water partition coefficient (Wildman–Crippen LogP) is 3.94. The Balaban J connectivity index is 1.41. The lowest BCUT2D eigenvalue weighted by molar-refractivity contribution is -0.121. The van der Waals surface area contributed by atoms with Gasteiger partial charge in [-0.2, -0.15) is 5.10 Å². The van der Waals surface area contributed by atoms with Crippen molar-refractivity contribution in [2.75, 3.05) is 26.7 Å². The Bertz CT molecular complexity index is 1100. The first-order chi connectivity index (χ1) is 16.0. The van der Waals surface area contributed by atoms with Crippen molar-refractivity contribution in [3.05, 3.63) is 58.5 Å². The molecule has 1 fully saturated rings. The number of fused-ring (bicyclic) bond motifs is 1. The van der Waals surface area contributed by atoms with Crippen LogP contribution in [0.3, 0.4) is 0 Å². The molecule has 1 unspecified atom stereocenters. The molecule has 1 N–H and O–H groups in total. The van der Waals surface area contributed by atoms with Crippen molar-refractivity contribution in [3.8, 4) is 5.75 Å². The number of hydrogen-bond donors (Lipinski definition) is 1. The molecular weight excluding hydrogens is 414 g/mol. The number of benzene rings is 1. The number of carbonyl (C=O) groups is 1. The number of piperidine rings is 1. The van der Waals surface area contributed by atoms with Gasteiger partial charge in [-0.05, 0) is 76.4 Å². The zero-order valence-corrected chi connectivity index (χ0v) is 20.2. The van der Waals surface area contributed by atoms with Crippen LogP contribution >= 0.6 is 0 Å². The third-order valence-electron chi connectivity index (χ3n) is 6.71. The summed E-state index contributed by atoms with van der Waals surface area (Å²) in [7, 11) is 1.68. The van der Waals surface area contributed by atoms with Gasteiger partial charge < -0.3 is 10.1 Å². The molecule has 176 valence electrons. The number of methoxy groups -OCH3 is 1. The number of carbonyl (C=O) groups excluding carboxylic acids is 1. The molecule has 2 aromatic heterocycles. The molecule has 3 aromatic rings. The molecule has 1 saturated heterocycles. The molecule has 0 radical (unpaired) electrons. The van der Waals surface area contributed by atoms with E-state index in [0.717, 1.165) is 47.1 Å². The van der Waals surface area contributed by atoms with E-state index in [-0.39, 0.29) is 11.9 Å². The van der Waals surface area contributed by atoms with Gasteiger partial charge in [-0.15, -0.1) is 0 Å². The largest absolute Gasteiger partial charge is 0.497 e. The van der Waals surface area contributed by atoms with Crippen molar-refractivity contribution < 1.29 is 9.53 Å². The van der Waals surface area contributed by atoms with Crippen molar-refractivity contribution in [3.63, 3.8) is 0 Å². The molecule has 7 heteroatoms. The number of amides is 1. The molecule has 3 heterocycles. The Morgan fingerprint density at radius 1 is 1.12 bits per heavy atom. The summed E-state index contributed by atoms with van der Waals surface area (Å²) in [6, 6.07) is 10.4. The fourth-order valence-corrected chi connectivity index (χ4v) is 4.85. The van der Waals surface area contributed by atoms with Gasteiger partial charge in [0.2, 0.25) is 5.91 Å². The van der Waals surface area contributed by atoms with E-state index in [1.165, 1.54) is 24.8 Å². The predicted molar refractivity (Wildman–Crippen MR) is 130 cm³/mol. The number of aromatic nitrogens is 3. The monoisotopic (exact) mass is 449 g/mol. The van der Waals surface area contributed by atoms with E-state index in [1.54, 1.807) is 7.11 Å². The topological polar surface area (TPSA) is 71.8 Å². The minimum atomic E-state index is 0.0704. The van der Waals surface area contributed by atoms with E-state index in [2.05, 4.69) is 39.4 Å². The molecule has 7 nitrogen and oxygen atoms in total. The van der Waals surface area contributed by atoms with E-state index >= 15 is 0 Å². The second kappa shape index (κ2) is 10.3. The minimum Gasteiger partial charge on any atom is -0.497 e. The van der Waals surface area contributed by atoms with Crippen molar-refractivity contribution in [1.82, 2.24) is 24.8 Å². The average Bonchev–Trinajstić information content (AvgIpc) is 3.20. The van der Waals surface area contributed by atoms with E-state index < -0.39 is 0 Å². The van der Waals surface area contributed by atoms with Crippen LogP contribution in [0.15, 0.2) is 30.3 Å². The Morgan fingerprint density at radius 2 is 1.85 bits per heavy atom. The lowest BCUT2D eigenvalue weighted by Crippen LogP contribution is -2.40. The Morgan fingerprint density at radius 3 is 2.55 bits per heavy atom. The molecule has 1 atom stereocenters. The maximum absolute atomic E-state index is 12.8. The number of nitrogens with one attached hydrogen (secondary N) is 1. The molecule has 0 saturated carbocycles. The van der Waals surface area contributed by atoms with Crippen LogP contribution in [0, 0.1) is 20.8 Å². The second-order valence-corrected chi connectivity index (χ2v) is 9.01. The van der Waals surface area contributed by atoms with Gasteiger partial charge in [-0.25, -0.2) is 9.50 Å². The lowest BCUT2D eigenvalue weighted by atomic mass is 10.0. The van der Waals surface area contributed by atoms with Gasteiger partial charge in [-0.1, -0.05) is 18.6 Å². The minimum absolute atomic E-state index is 0.0704. The summed E-state index contributed by atoms with van der Waals surface area (Å²) in [5.74, 6) is 0.921. The smallest absolute Gasteiger partial charge is 0.220 e. The number of nitrogens with zero attached hydrogens (tertiary/aromatic N) is 4. The maximum atomic E-state index is 12.8. The maximum Gasteiger partial charge on any atom is 0.220 e. The third-order valence-corrected chi connectivity index (χ3v) is 6.71. The van der Waals surface area contributed by atoms with Crippen LogP contribution in [0.2, 0.25) is 0 Å². The SMILES string of the molecule is COc1ccc(C(CNC(=O)CCc2c(C)nc3cc(C)nn3c2C)N2CCCCC2)cc1. The molecule has 1 aromatic carbocycles. The summed E-state index contributed by atoms with van der Waals surface area (Å²) >= 11 is 0. The Kier molecular flexibility index (Phi) is 7.28. The van der Waals surface area contributed by atoms with Crippen molar-refractivity contribution in [2.24, 2.45) is 0 Å². The number of likely N-dealkylation sites (tertiary alicyclic amines) is 1. The zero-order chi connectivity index (χ0) is 23.4. The van der Waals surface area contributed by atoms with Crippen LogP contribution in [0.25, 0.3) is 5.65 Å². The molecule has 1 amide bonds. The van der Waals surface area contributed by atoms with Gasteiger partial charge in [0.05, 0.1) is 18.8 Å². The van der Waals surface area contributed by atoms with Gasteiger partial charge in [0, 0.05) is 30.4 Å². The van der Waals surface area contributed by atoms with Crippen molar-refractivity contribution >= 4 is 11.6 Å². The first-order valence-electron chi connectivity index (χ1n) is 11.9. The molecule has 1 aliphatic rings. The molecule has 0 spiro atoms. The summed E-state index contributed by atoms with van der Waals surface area (Å²) in [6.45, 7) is 8.78. The highest BCUT2D eigenvalue weighted by Gasteiger charge is 2.23. The Hall–Kier alpha value is -2.93. The molecule has 0 aliphatic carbocycles. The first kappa shape index (κ1) is 23.2. The summed E-state index contributed by atoms with van der Waals surface area (Å²) in [5, 5.41) is 7.74. The molecule has 1 aliphatic heterocycles. The third kappa shape index (κ3) is 5.36. The van der Waals surface area contributed by atoms with Gasteiger partial charge in [0.15, 0.2) is 5.65 Å². The summed E-state index contributed by atoms with van der Waals surface area (Å²) in [5.41, 5.74) is 6.15. The van der Waals surface area contributed by atoms with Gasteiger partial charge in [0.25, 0.3) is 0 Å². The highest BCUT2D eigenvalue weighted by atomic mass is 16.5. The molecule has 0 bridgehead atoms. The summed E-state index contributed by atoms with van der Waals surface area (Å²) in [4.78, 5) is 20.0. The molecule has 33 heavy (non-hydrogen) atoms. The molecule has 4 rings (SSSR count). The number of ether oxygens (including phenoxy) is 1. The highest BCUT2D eigenvalue weighted by Crippen LogP contribution is 2.26. The van der Waals surface area contributed by atoms with E-state index in [1.807, 2.05) is 36.6 Å². The number of rotatable bonds is 8. The summed E-state index contributed by atoms with van der Waals surface area (Å²) in [6.07, 6.45) is 4.79. The fourth-order valence-electron chi connectivity index (χ4n) is 4.85. The van der Waals surface area contributed by atoms with Crippen LogP contribution in [0.4, 0.5) is 0 Å². The normalized spacial score (nSPS) is 15.5. The lowest BCUT2D eigenvalue weighted by Gasteiger charge is -2.35. The fraction of sp³-hybridized carbons (Fsp3) is 0.500. The first-order valence-corrected chi connectivity index (χ1v) is 11.9. The van der Waals surface area contributed by atoms with Crippen molar-refractivity contribution in [1.29, 1.82) is 0 Å². The number of aryl methyl sites for hydroxylation is 3. The Labute approximate surface area is 196 Å². The van der Waals surface area contributed by atoms with Gasteiger partial charge >= 0.3 is 0 Å². The van der Waals surface area contributed by atoms with Gasteiger partial charge in [-0.3, -0.25) is 9.69 Å². The van der Waals surface area contributed by atoms with Crippen LogP contribution in [0.5, 0.6) is 5.75 Å². The van der Waals surface area contributed by atoms with Crippen LogP contribution < -0.4 is 10.1 Å². The van der Waals surface area contributed by atoms with Gasteiger partial charge in [0.1, 0.15) is 5.75 Å². The van der Waals surface area contributed by atoms with E-state index in [9.17, 15) is 4.79 Å².